The van der Waals surface area contributed by atoms with Gasteiger partial charge >= 0.3 is 0 Å². The number of halogens is 1. The smallest absolute Gasteiger partial charge is 0.140 e. The van der Waals surface area contributed by atoms with Crippen molar-refractivity contribution in [3.05, 3.63) is 59.8 Å². The summed E-state index contributed by atoms with van der Waals surface area (Å²) in [5.41, 5.74) is 3.64. The number of para-hydroxylation sites is 2. The standard InChI is InChI=1S/C16H10ClN3/c17-12-7-2-8-13-15(12)20-16(19-13)11-6-1-4-10-5-3-9-18-14(10)11/h1-9H,(H,19,20). The average molecular weight is 280 g/mol. The molecule has 96 valence electrons. The maximum atomic E-state index is 6.18. The number of hydrogen-bond donors (Lipinski definition) is 1. The molecule has 0 bridgehead atoms. The second kappa shape index (κ2) is 4.32. The van der Waals surface area contributed by atoms with E-state index in [4.69, 9.17) is 11.6 Å². The second-order valence-electron chi connectivity index (χ2n) is 4.60. The molecule has 0 saturated carbocycles. The first-order chi connectivity index (χ1) is 9.83. The first kappa shape index (κ1) is 11.4. The van der Waals surface area contributed by atoms with E-state index < -0.39 is 0 Å². The van der Waals surface area contributed by atoms with Crippen LogP contribution in [0.5, 0.6) is 0 Å². The highest BCUT2D eigenvalue weighted by molar-refractivity contribution is 6.35. The third kappa shape index (κ3) is 1.67. The van der Waals surface area contributed by atoms with E-state index in [1.165, 1.54) is 0 Å². The van der Waals surface area contributed by atoms with Crippen molar-refractivity contribution >= 4 is 33.5 Å². The molecular formula is C16H10ClN3. The Labute approximate surface area is 120 Å². The molecule has 20 heavy (non-hydrogen) atoms. The van der Waals surface area contributed by atoms with Crippen LogP contribution in [0.4, 0.5) is 0 Å². The van der Waals surface area contributed by atoms with E-state index in [-0.39, 0.29) is 0 Å². The number of benzene rings is 2. The van der Waals surface area contributed by atoms with Crippen LogP contribution >= 0.6 is 11.6 Å². The van der Waals surface area contributed by atoms with Crippen molar-refractivity contribution in [3.8, 4) is 11.4 Å². The molecule has 1 N–H and O–H groups in total. The van der Waals surface area contributed by atoms with Crippen molar-refractivity contribution in [2.75, 3.05) is 0 Å². The molecule has 0 aliphatic carbocycles. The molecule has 0 atom stereocenters. The summed E-state index contributed by atoms with van der Waals surface area (Å²) in [6.07, 6.45) is 1.79. The monoisotopic (exact) mass is 279 g/mol. The first-order valence-electron chi connectivity index (χ1n) is 6.31. The fraction of sp³-hybridized carbons (Fsp3) is 0. The van der Waals surface area contributed by atoms with Crippen LogP contribution in [0.1, 0.15) is 0 Å². The van der Waals surface area contributed by atoms with E-state index in [9.17, 15) is 0 Å². The predicted molar refractivity (Wildman–Crippen MR) is 81.8 cm³/mol. The Kier molecular flexibility index (Phi) is 2.47. The molecule has 0 amide bonds. The van der Waals surface area contributed by atoms with E-state index >= 15 is 0 Å². The summed E-state index contributed by atoms with van der Waals surface area (Å²) in [6, 6.07) is 15.8. The molecule has 0 saturated heterocycles. The van der Waals surface area contributed by atoms with E-state index in [0.29, 0.717) is 5.02 Å². The number of pyridine rings is 1. The highest BCUT2D eigenvalue weighted by Gasteiger charge is 2.10. The largest absolute Gasteiger partial charge is 0.338 e. The third-order valence-electron chi connectivity index (χ3n) is 3.35. The van der Waals surface area contributed by atoms with Gasteiger partial charge in [-0.25, -0.2) is 4.98 Å². The lowest BCUT2D eigenvalue weighted by atomic mass is 10.1. The number of fused-ring (bicyclic) bond motifs is 2. The summed E-state index contributed by atoms with van der Waals surface area (Å²) in [4.78, 5) is 12.4. The van der Waals surface area contributed by atoms with Crippen LogP contribution in [-0.4, -0.2) is 15.0 Å². The quantitative estimate of drug-likeness (QED) is 0.560. The van der Waals surface area contributed by atoms with E-state index in [1.807, 2.05) is 48.5 Å². The number of H-pyrrole nitrogens is 1. The molecule has 4 aromatic rings. The van der Waals surface area contributed by atoms with Crippen LogP contribution in [0, 0.1) is 0 Å². The zero-order chi connectivity index (χ0) is 13.5. The van der Waals surface area contributed by atoms with Gasteiger partial charge in [0.1, 0.15) is 11.3 Å². The number of aromatic nitrogens is 3. The molecule has 2 aromatic heterocycles. The van der Waals surface area contributed by atoms with Gasteiger partial charge in [-0.2, -0.15) is 0 Å². The van der Waals surface area contributed by atoms with Gasteiger partial charge < -0.3 is 4.98 Å². The Balaban J connectivity index is 2.04. The third-order valence-corrected chi connectivity index (χ3v) is 3.66. The summed E-state index contributed by atoms with van der Waals surface area (Å²) >= 11 is 6.18. The Hall–Kier alpha value is -2.39. The summed E-state index contributed by atoms with van der Waals surface area (Å²) in [7, 11) is 0. The van der Waals surface area contributed by atoms with Crippen LogP contribution in [0.2, 0.25) is 5.02 Å². The Morgan fingerprint density at radius 3 is 2.65 bits per heavy atom. The molecule has 4 heteroatoms. The molecule has 0 aliphatic heterocycles. The van der Waals surface area contributed by atoms with Gasteiger partial charge in [0, 0.05) is 17.1 Å². The van der Waals surface area contributed by atoms with Crippen LogP contribution in [0.15, 0.2) is 54.7 Å². The maximum absolute atomic E-state index is 6.18. The minimum atomic E-state index is 0.651. The van der Waals surface area contributed by atoms with Crippen molar-refractivity contribution < 1.29 is 0 Å². The van der Waals surface area contributed by atoms with E-state index in [0.717, 1.165) is 33.3 Å². The summed E-state index contributed by atoms with van der Waals surface area (Å²) in [5.74, 6) is 0.789. The van der Waals surface area contributed by atoms with Crippen LogP contribution in [0.25, 0.3) is 33.3 Å². The number of hydrogen-bond acceptors (Lipinski definition) is 2. The van der Waals surface area contributed by atoms with Gasteiger partial charge in [-0.15, -0.1) is 0 Å². The van der Waals surface area contributed by atoms with Crippen molar-refractivity contribution in [3.63, 3.8) is 0 Å². The number of nitrogens with zero attached hydrogens (tertiary/aromatic N) is 2. The van der Waals surface area contributed by atoms with E-state index in [1.54, 1.807) is 6.20 Å². The summed E-state index contributed by atoms with van der Waals surface area (Å²) < 4.78 is 0. The zero-order valence-corrected chi connectivity index (χ0v) is 11.2. The van der Waals surface area contributed by atoms with Crippen molar-refractivity contribution in [2.24, 2.45) is 0 Å². The lowest BCUT2D eigenvalue weighted by molar-refractivity contribution is 1.32. The highest BCUT2D eigenvalue weighted by Crippen LogP contribution is 2.29. The maximum Gasteiger partial charge on any atom is 0.140 e. The van der Waals surface area contributed by atoms with Crippen LogP contribution < -0.4 is 0 Å². The van der Waals surface area contributed by atoms with Gasteiger partial charge in [-0.1, -0.05) is 35.9 Å². The molecule has 3 nitrogen and oxygen atoms in total. The van der Waals surface area contributed by atoms with Gasteiger partial charge in [0.2, 0.25) is 0 Å². The number of imidazole rings is 1. The molecule has 2 heterocycles. The lowest BCUT2D eigenvalue weighted by Gasteiger charge is -2.01. The normalized spacial score (nSPS) is 11.2. The molecular weight excluding hydrogens is 270 g/mol. The van der Waals surface area contributed by atoms with Crippen LogP contribution in [0.3, 0.4) is 0 Å². The lowest BCUT2D eigenvalue weighted by Crippen LogP contribution is -1.85. The summed E-state index contributed by atoms with van der Waals surface area (Å²) in [6.45, 7) is 0. The average Bonchev–Trinajstić information content (AvgIpc) is 2.92. The van der Waals surface area contributed by atoms with Crippen molar-refractivity contribution in [1.29, 1.82) is 0 Å². The topological polar surface area (TPSA) is 41.6 Å². The van der Waals surface area contributed by atoms with Gasteiger partial charge in [-0.3, -0.25) is 4.98 Å². The van der Waals surface area contributed by atoms with Gasteiger partial charge in [0.25, 0.3) is 0 Å². The zero-order valence-electron chi connectivity index (χ0n) is 10.5. The highest BCUT2D eigenvalue weighted by atomic mass is 35.5. The molecule has 0 unspecified atom stereocenters. The van der Waals surface area contributed by atoms with Crippen molar-refractivity contribution in [2.45, 2.75) is 0 Å². The van der Waals surface area contributed by atoms with Crippen molar-refractivity contribution in [1.82, 2.24) is 15.0 Å². The molecule has 0 fully saturated rings. The van der Waals surface area contributed by atoms with Crippen LogP contribution in [-0.2, 0) is 0 Å². The fourth-order valence-corrected chi connectivity index (χ4v) is 2.64. The Morgan fingerprint density at radius 2 is 1.75 bits per heavy atom. The van der Waals surface area contributed by atoms with Gasteiger partial charge in [0.15, 0.2) is 0 Å². The first-order valence-corrected chi connectivity index (χ1v) is 6.69. The number of rotatable bonds is 1. The minimum Gasteiger partial charge on any atom is -0.338 e. The summed E-state index contributed by atoms with van der Waals surface area (Å²) in [5, 5.41) is 1.75. The number of aromatic amines is 1. The molecule has 0 aliphatic rings. The predicted octanol–water partition coefficient (Wildman–Crippen LogP) is 4.43. The number of nitrogens with one attached hydrogen (secondary N) is 1. The molecule has 4 rings (SSSR count). The molecule has 2 aromatic carbocycles. The van der Waals surface area contributed by atoms with Gasteiger partial charge in [-0.05, 0) is 24.3 Å². The fourth-order valence-electron chi connectivity index (χ4n) is 2.42. The molecule has 0 radical (unpaired) electrons. The minimum absolute atomic E-state index is 0.651. The Morgan fingerprint density at radius 1 is 0.900 bits per heavy atom. The van der Waals surface area contributed by atoms with Gasteiger partial charge in [0.05, 0.1) is 16.1 Å². The van der Waals surface area contributed by atoms with E-state index in [2.05, 4.69) is 15.0 Å². The Bertz CT molecular complexity index is 922. The second-order valence-corrected chi connectivity index (χ2v) is 5.01. The molecule has 0 spiro atoms. The SMILES string of the molecule is Clc1cccc2[nH]c(-c3cccc4cccnc34)nc12.